The summed E-state index contributed by atoms with van der Waals surface area (Å²) in [6.45, 7) is 0. The van der Waals surface area contributed by atoms with E-state index >= 15 is 0 Å². The Kier molecular flexibility index (Phi) is 6.51. The highest BCUT2D eigenvalue weighted by atomic mass is 79.9. The van der Waals surface area contributed by atoms with Crippen molar-refractivity contribution in [2.75, 3.05) is 0 Å². The first-order valence-corrected chi connectivity index (χ1v) is 14.8. The monoisotopic (exact) mass is 642 g/mol. The number of rotatable bonds is 2. The van der Waals surface area contributed by atoms with Gasteiger partial charge in [0.2, 0.25) is 0 Å². The molecule has 0 aliphatic carbocycles. The molecule has 0 saturated heterocycles. The zero-order valence-corrected chi connectivity index (χ0v) is 24.7. The topological polar surface area (TPSA) is 9.86 Å². The van der Waals surface area contributed by atoms with E-state index in [-0.39, 0.29) is 0 Å². The Bertz CT molecular complexity index is 1890. The Hall–Kier alpha value is -4.12. The Morgan fingerprint density at radius 1 is 0.325 bits per heavy atom. The minimum absolute atomic E-state index is 1.09. The number of hydrogen-bond donors (Lipinski definition) is 0. The Labute approximate surface area is 249 Å². The lowest BCUT2D eigenvalue weighted by molar-refractivity contribution is 1.18. The zero-order valence-electron chi connectivity index (χ0n) is 21.5. The molecule has 6 aromatic carbocycles. The number of fused-ring (bicyclic) bond motifs is 6. The first kappa shape index (κ1) is 24.9. The van der Waals surface area contributed by atoms with Crippen molar-refractivity contribution in [2.24, 2.45) is 0 Å². The summed E-state index contributed by atoms with van der Waals surface area (Å²) in [5.74, 6) is 0. The van der Waals surface area contributed by atoms with Gasteiger partial charge in [-0.1, -0.05) is 117 Å². The molecule has 0 aliphatic rings. The van der Waals surface area contributed by atoms with E-state index in [9.17, 15) is 0 Å². The van der Waals surface area contributed by atoms with Crippen molar-refractivity contribution in [3.05, 3.63) is 155 Å². The quantitative estimate of drug-likeness (QED) is 0.177. The van der Waals surface area contributed by atoms with E-state index in [1.165, 1.54) is 55.0 Å². The van der Waals surface area contributed by atoms with E-state index in [0.717, 1.165) is 8.95 Å². The highest BCUT2D eigenvalue weighted by Gasteiger charge is 2.12. The molecule has 0 N–H and O–H groups in total. The van der Waals surface area contributed by atoms with Crippen molar-refractivity contribution < 1.29 is 0 Å². The first-order chi connectivity index (χ1) is 19.7. The van der Waals surface area contributed by atoms with Crippen LogP contribution in [0.2, 0.25) is 0 Å². The molecule has 0 unspecified atom stereocenters. The Balaban J connectivity index is 0.000000132. The van der Waals surface area contributed by atoms with Gasteiger partial charge in [0.15, 0.2) is 0 Å². The number of aromatic nitrogens is 2. The van der Waals surface area contributed by atoms with Crippen LogP contribution in [0.15, 0.2) is 155 Å². The first-order valence-electron chi connectivity index (χ1n) is 13.2. The third kappa shape index (κ3) is 4.34. The molecule has 0 radical (unpaired) electrons. The predicted octanol–water partition coefficient (Wildman–Crippen LogP) is 11.1. The van der Waals surface area contributed by atoms with E-state index < -0.39 is 0 Å². The van der Waals surface area contributed by atoms with Gasteiger partial charge in [-0.3, -0.25) is 0 Å². The van der Waals surface area contributed by atoms with Gasteiger partial charge in [-0.15, -0.1) is 0 Å². The molecule has 0 atom stereocenters. The maximum atomic E-state index is 3.56. The Morgan fingerprint density at radius 2 is 0.625 bits per heavy atom. The van der Waals surface area contributed by atoms with Gasteiger partial charge < -0.3 is 9.13 Å². The van der Waals surface area contributed by atoms with Crippen molar-refractivity contribution in [3.8, 4) is 11.4 Å². The average molecular weight is 644 g/mol. The fourth-order valence-electron chi connectivity index (χ4n) is 5.63. The SMILES string of the molecule is Brc1cccc(-n2c3ccccc3c3ccccc32)c1.Brc1cccc(-n2c3ccccc3c3ccccc32)c1. The molecular weight excluding hydrogens is 620 g/mol. The van der Waals surface area contributed by atoms with Crippen LogP contribution in [-0.2, 0) is 0 Å². The second kappa shape index (κ2) is 10.5. The minimum atomic E-state index is 1.09. The second-order valence-corrected chi connectivity index (χ2v) is 11.5. The normalized spacial score (nSPS) is 11.2. The number of para-hydroxylation sites is 4. The summed E-state index contributed by atoms with van der Waals surface area (Å²) >= 11 is 7.12. The average Bonchev–Trinajstić information content (AvgIpc) is 3.51. The lowest BCUT2D eigenvalue weighted by Gasteiger charge is -2.07. The van der Waals surface area contributed by atoms with E-state index in [2.05, 4.69) is 187 Å². The Morgan fingerprint density at radius 3 is 0.925 bits per heavy atom. The molecule has 2 nitrogen and oxygen atoms in total. The van der Waals surface area contributed by atoms with E-state index in [1.54, 1.807) is 0 Å². The van der Waals surface area contributed by atoms with Gasteiger partial charge in [-0.05, 0) is 60.7 Å². The van der Waals surface area contributed by atoms with E-state index in [4.69, 9.17) is 0 Å². The molecule has 2 aromatic heterocycles. The van der Waals surface area contributed by atoms with Gasteiger partial charge in [0.05, 0.1) is 22.1 Å². The lowest BCUT2D eigenvalue weighted by Crippen LogP contribution is -1.93. The minimum Gasteiger partial charge on any atom is -0.309 e. The van der Waals surface area contributed by atoms with Crippen molar-refractivity contribution >= 4 is 75.5 Å². The van der Waals surface area contributed by atoms with Crippen LogP contribution in [0.4, 0.5) is 0 Å². The van der Waals surface area contributed by atoms with Gasteiger partial charge >= 0.3 is 0 Å². The number of benzene rings is 6. The van der Waals surface area contributed by atoms with Crippen LogP contribution in [0.1, 0.15) is 0 Å². The molecule has 40 heavy (non-hydrogen) atoms. The number of halogens is 2. The summed E-state index contributed by atoms with van der Waals surface area (Å²) in [5, 5.41) is 5.18. The maximum Gasteiger partial charge on any atom is 0.0541 e. The highest BCUT2D eigenvalue weighted by molar-refractivity contribution is 9.10. The number of hydrogen-bond acceptors (Lipinski definition) is 0. The predicted molar refractivity (Wildman–Crippen MR) is 177 cm³/mol. The molecule has 0 amide bonds. The molecule has 4 heteroatoms. The molecule has 0 saturated carbocycles. The summed E-state index contributed by atoms with van der Waals surface area (Å²) in [5.41, 5.74) is 7.32. The third-order valence-electron chi connectivity index (χ3n) is 7.29. The van der Waals surface area contributed by atoms with Crippen molar-refractivity contribution in [2.45, 2.75) is 0 Å². The smallest absolute Gasteiger partial charge is 0.0541 e. The third-order valence-corrected chi connectivity index (χ3v) is 8.28. The molecule has 0 bridgehead atoms. The van der Waals surface area contributed by atoms with Crippen molar-refractivity contribution in [1.82, 2.24) is 9.13 Å². The molecular formula is C36H24Br2N2. The van der Waals surface area contributed by atoms with E-state index in [0.29, 0.717) is 0 Å². The summed E-state index contributed by atoms with van der Waals surface area (Å²) in [7, 11) is 0. The molecule has 0 spiro atoms. The molecule has 8 aromatic rings. The van der Waals surface area contributed by atoms with Crippen LogP contribution < -0.4 is 0 Å². The standard InChI is InChI=1S/2C18H12BrN/c2*19-13-6-5-7-14(12-13)20-17-10-3-1-8-15(17)16-9-2-4-11-18(16)20/h2*1-12H. The molecule has 192 valence electrons. The van der Waals surface area contributed by atoms with Crippen LogP contribution in [-0.4, -0.2) is 9.13 Å². The van der Waals surface area contributed by atoms with Gasteiger partial charge in [0, 0.05) is 41.9 Å². The second-order valence-electron chi connectivity index (χ2n) is 9.70. The van der Waals surface area contributed by atoms with E-state index in [1.807, 2.05) is 0 Å². The summed E-state index contributed by atoms with van der Waals surface area (Å²) in [6, 6.07) is 51.1. The van der Waals surface area contributed by atoms with Crippen LogP contribution in [0.3, 0.4) is 0 Å². The van der Waals surface area contributed by atoms with Gasteiger partial charge in [0.25, 0.3) is 0 Å². The summed E-state index contributed by atoms with van der Waals surface area (Å²) < 4.78 is 6.82. The van der Waals surface area contributed by atoms with Gasteiger partial charge in [0.1, 0.15) is 0 Å². The number of nitrogens with zero attached hydrogens (tertiary/aromatic N) is 2. The van der Waals surface area contributed by atoms with Crippen molar-refractivity contribution in [3.63, 3.8) is 0 Å². The molecule has 0 fully saturated rings. The largest absolute Gasteiger partial charge is 0.309 e. The molecule has 2 heterocycles. The van der Waals surface area contributed by atoms with Gasteiger partial charge in [-0.25, -0.2) is 0 Å². The summed E-state index contributed by atoms with van der Waals surface area (Å²) in [6.07, 6.45) is 0. The lowest BCUT2D eigenvalue weighted by atomic mass is 10.2. The maximum absolute atomic E-state index is 3.56. The van der Waals surface area contributed by atoms with Crippen LogP contribution >= 0.6 is 31.9 Å². The van der Waals surface area contributed by atoms with Crippen molar-refractivity contribution in [1.29, 1.82) is 0 Å². The fourth-order valence-corrected chi connectivity index (χ4v) is 6.41. The fraction of sp³-hybridized carbons (Fsp3) is 0. The van der Waals surface area contributed by atoms with Crippen LogP contribution in [0.25, 0.3) is 55.0 Å². The summed E-state index contributed by atoms with van der Waals surface area (Å²) in [4.78, 5) is 0. The molecule has 8 rings (SSSR count). The van der Waals surface area contributed by atoms with Gasteiger partial charge in [-0.2, -0.15) is 0 Å². The highest BCUT2D eigenvalue weighted by Crippen LogP contribution is 2.33. The van der Waals surface area contributed by atoms with Crippen LogP contribution in [0.5, 0.6) is 0 Å². The van der Waals surface area contributed by atoms with Crippen LogP contribution in [0, 0.1) is 0 Å². The molecule has 0 aliphatic heterocycles. The zero-order chi connectivity index (χ0) is 27.1.